The zero-order valence-corrected chi connectivity index (χ0v) is 14.7. The fraction of sp³-hybridized carbons (Fsp3) is 0.312. The first-order valence-corrected chi connectivity index (χ1v) is 8.03. The van der Waals surface area contributed by atoms with Crippen molar-refractivity contribution in [1.82, 2.24) is 20.0 Å². The van der Waals surface area contributed by atoms with Gasteiger partial charge in [-0.05, 0) is 30.7 Å². The van der Waals surface area contributed by atoms with Gasteiger partial charge in [0.05, 0.1) is 6.54 Å². The van der Waals surface area contributed by atoms with E-state index in [0.29, 0.717) is 13.1 Å². The summed E-state index contributed by atoms with van der Waals surface area (Å²) in [6, 6.07) is 9.25. The second-order valence-electron chi connectivity index (χ2n) is 5.39. The van der Waals surface area contributed by atoms with Crippen LogP contribution in [0.4, 0.5) is 0 Å². The molecule has 2 rings (SSSR count). The van der Waals surface area contributed by atoms with Crippen molar-refractivity contribution in [1.29, 1.82) is 0 Å². The van der Waals surface area contributed by atoms with Crippen LogP contribution in [-0.2, 0) is 22.7 Å². The monoisotopic (exact) mass is 378 g/mol. The van der Waals surface area contributed by atoms with Crippen LogP contribution in [0.5, 0.6) is 0 Å². The Kier molecular flexibility index (Phi) is 5.92. The molecule has 1 aromatic heterocycles. The molecular weight excluding hydrogens is 360 g/mol. The maximum atomic E-state index is 12.1. The number of halogens is 1. The van der Waals surface area contributed by atoms with Crippen LogP contribution < -0.4 is 5.32 Å². The molecule has 0 spiro atoms. The Hall–Kier alpha value is -2.15. The molecule has 1 heterocycles. The molecular formula is C16H19BrN4O2. The van der Waals surface area contributed by atoms with Gasteiger partial charge in [-0.1, -0.05) is 28.1 Å². The van der Waals surface area contributed by atoms with E-state index in [1.807, 2.05) is 43.5 Å². The maximum Gasteiger partial charge on any atom is 0.311 e. The van der Waals surface area contributed by atoms with Gasteiger partial charge < -0.3 is 10.2 Å². The molecule has 0 aliphatic heterocycles. The highest BCUT2D eigenvalue weighted by Gasteiger charge is 2.20. The summed E-state index contributed by atoms with van der Waals surface area (Å²) < 4.78 is 2.68. The van der Waals surface area contributed by atoms with Crippen LogP contribution in [0.2, 0.25) is 0 Å². The van der Waals surface area contributed by atoms with Crippen molar-refractivity contribution < 1.29 is 9.59 Å². The molecule has 1 atom stereocenters. The van der Waals surface area contributed by atoms with E-state index in [2.05, 4.69) is 26.3 Å². The summed E-state index contributed by atoms with van der Waals surface area (Å²) in [4.78, 5) is 25.6. The van der Waals surface area contributed by atoms with Crippen molar-refractivity contribution in [2.24, 2.45) is 0 Å². The normalized spacial score (nSPS) is 11.8. The van der Waals surface area contributed by atoms with E-state index >= 15 is 0 Å². The van der Waals surface area contributed by atoms with Gasteiger partial charge in [-0.2, -0.15) is 5.10 Å². The number of amides is 2. The van der Waals surface area contributed by atoms with Gasteiger partial charge in [0, 0.05) is 36.5 Å². The van der Waals surface area contributed by atoms with Crippen LogP contribution in [0.15, 0.2) is 47.2 Å². The number of benzene rings is 1. The number of nitrogens with zero attached hydrogens (tertiary/aromatic N) is 3. The molecule has 0 saturated heterocycles. The van der Waals surface area contributed by atoms with E-state index in [-0.39, 0.29) is 6.04 Å². The Labute approximate surface area is 143 Å². The Bertz CT molecular complexity index is 655. The topological polar surface area (TPSA) is 67.2 Å². The van der Waals surface area contributed by atoms with Crippen LogP contribution in [0.1, 0.15) is 12.5 Å². The largest absolute Gasteiger partial charge is 0.344 e. The van der Waals surface area contributed by atoms with E-state index in [0.717, 1.165) is 10.0 Å². The zero-order chi connectivity index (χ0) is 16.8. The number of carbonyl (C=O) groups excluding carboxylic acids is 2. The van der Waals surface area contributed by atoms with Gasteiger partial charge in [0.15, 0.2) is 0 Å². The Morgan fingerprint density at radius 3 is 2.65 bits per heavy atom. The standard InChI is InChI=1S/C16H19BrN4O2/c1-12(10-21-9-3-8-18-21)19-15(22)16(23)20(2)11-13-4-6-14(17)7-5-13/h3-9,12H,10-11H2,1-2H3,(H,19,22)/t12-/m0/s1. The van der Waals surface area contributed by atoms with Crippen molar-refractivity contribution in [2.75, 3.05) is 7.05 Å². The lowest BCUT2D eigenvalue weighted by atomic mass is 10.2. The number of likely N-dealkylation sites (N-methyl/N-ethyl adjacent to an activating group) is 1. The molecule has 2 amide bonds. The van der Waals surface area contributed by atoms with E-state index in [1.54, 1.807) is 17.9 Å². The van der Waals surface area contributed by atoms with Crippen molar-refractivity contribution in [3.8, 4) is 0 Å². The summed E-state index contributed by atoms with van der Waals surface area (Å²) in [6.45, 7) is 2.73. The Balaban J connectivity index is 1.85. The average Bonchev–Trinajstić information content (AvgIpc) is 3.01. The summed E-state index contributed by atoms with van der Waals surface area (Å²) in [5.41, 5.74) is 0.960. The quantitative estimate of drug-likeness (QED) is 0.806. The lowest BCUT2D eigenvalue weighted by Crippen LogP contribution is -2.45. The average molecular weight is 379 g/mol. The number of nitrogens with one attached hydrogen (secondary N) is 1. The molecule has 1 aromatic carbocycles. The van der Waals surface area contributed by atoms with Gasteiger partial charge in [0.1, 0.15) is 0 Å². The molecule has 6 nitrogen and oxygen atoms in total. The number of hydrogen-bond donors (Lipinski definition) is 1. The molecule has 1 N–H and O–H groups in total. The molecule has 0 aliphatic rings. The van der Waals surface area contributed by atoms with Gasteiger partial charge in [-0.25, -0.2) is 0 Å². The predicted octanol–water partition coefficient (Wildman–Crippen LogP) is 1.81. The lowest BCUT2D eigenvalue weighted by molar-refractivity contribution is -0.145. The zero-order valence-electron chi connectivity index (χ0n) is 13.1. The summed E-state index contributed by atoms with van der Waals surface area (Å²) in [6.07, 6.45) is 3.48. The third-order valence-corrected chi connectivity index (χ3v) is 3.80. The number of hydrogen-bond acceptors (Lipinski definition) is 3. The Morgan fingerprint density at radius 1 is 1.35 bits per heavy atom. The summed E-state index contributed by atoms with van der Waals surface area (Å²) in [5, 5.41) is 6.77. The van der Waals surface area contributed by atoms with Crippen LogP contribution in [-0.4, -0.2) is 39.6 Å². The summed E-state index contributed by atoms with van der Waals surface area (Å²) in [5.74, 6) is -1.16. The second-order valence-corrected chi connectivity index (χ2v) is 6.31. The highest BCUT2D eigenvalue weighted by Crippen LogP contribution is 2.11. The minimum Gasteiger partial charge on any atom is -0.344 e. The van der Waals surface area contributed by atoms with Crippen molar-refractivity contribution in [2.45, 2.75) is 26.1 Å². The first-order valence-electron chi connectivity index (χ1n) is 7.23. The first kappa shape index (κ1) is 17.2. The van der Waals surface area contributed by atoms with Crippen LogP contribution >= 0.6 is 15.9 Å². The van der Waals surface area contributed by atoms with E-state index in [9.17, 15) is 9.59 Å². The minimum atomic E-state index is -0.607. The van der Waals surface area contributed by atoms with Crippen LogP contribution in [0, 0.1) is 0 Å². The fourth-order valence-corrected chi connectivity index (χ4v) is 2.39. The molecule has 7 heteroatoms. The Morgan fingerprint density at radius 2 is 2.04 bits per heavy atom. The molecule has 0 radical (unpaired) electrons. The third-order valence-electron chi connectivity index (χ3n) is 3.27. The molecule has 122 valence electrons. The molecule has 0 aliphatic carbocycles. The van der Waals surface area contributed by atoms with Crippen molar-refractivity contribution in [3.63, 3.8) is 0 Å². The molecule has 0 bridgehead atoms. The number of rotatable bonds is 5. The van der Waals surface area contributed by atoms with Crippen LogP contribution in [0.3, 0.4) is 0 Å². The lowest BCUT2D eigenvalue weighted by Gasteiger charge is -2.19. The maximum absolute atomic E-state index is 12.1. The second kappa shape index (κ2) is 7.92. The molecule has 23 heavy (non-hydrogen) atoms. The van der Waals surface area contributed by atoms with E-state index < -0.39 is 11.8 Å². The number of carbonyl (C=O) groups is 2. The van der Waals surface area contributed by atoms with E-state index in [1.165, 1.54) is 4.90 Å². The van der Waals surface area contributed by atoms with Gasteiger partial charge in [0.2, 0.25) is 0 Å². The van der Waals surface area contributed by atoms with Gasteiger partial charge in [-0.3, -0.25) is 14.3 Å². The minimum absolute atomic E-state index is 0.188. The highest BCUT2D eigenvalue weighted by atomic mass is 79.9. The molecule has 0 unspecified atom stereocenters. The molecule has 2 aromatic rings. The molecule has 0 saturated carbocycles. The van der Waals surface area contributed by atoms with E-state index in [4.69, 9.17) is 0 Å². The van der Waals surface area contributed by atoms with Gasteiger partial charge in [-0.15, -0.1) is 0 Å². The number of aromatic nitrogens is 2. The third kappa shape index (κ3) is 5.21. The highest BCUT2D eigenvalue weighted by molar-refractivity contribution is 9.10. The summed E-state index contributed by atoms with van der Waals surface area (Å²) in [7, 11) is 1.61. The fourth-order valence-electron chi connectivity index (χ4n) is 2.13. The summed E-state index contributed by atoms with van der Waals surface area (Å²) >= 11 is 3.36. The van der Waals surface area contributed by atoms with Gasteiger partial charge >= 0.3 is 11.8 Å². The van der Waals surface area contributed by atoms with Crippen molar-refractivity contribution in [3.05, 3.63) is 52.8 Å². The van der Waals surface area contributed by atoms with Crippen LogP contribution in [0.25, 0.3) is 0 Å². The predicted molar refractivity (Wildman–Crippen MR) is 90.4 cm³/mol. The van der Waals surface area contributed by atoms with Crippen molar-refractivity contribution >= 4 is 27.7 Å². The SMILES string of the molecule is C[C@@H](Cn1cccn1)NC(=O)C(=O)N(C)Cc1ccc(Br)cc1. The smallest absolute Gasteiger partial charge is 0.311 e. The van der Waals surface area contributed by atoms with Gasteiger partial charge in [0.25, 0.3) is 0 Å². The first-order chi connectivity index (χ1) is 11.0. The molecule has 0 fully saturated rings.